The number of ketones is 1. The minimum atomic E-state index is -0.0701. The fourth-order valence-electron chi connectivity index (χ4n) is 1.87. The summed E-state index contributed by atoms with van der Waals surface area (Å²) in [5.41, 5.74) is 3.30. The van der Waals surface area contributed by atoms with Crippen LogP contribution in [-0.2, 0) is 11.4 Å². The Bertz CT molecular complexity index is 494. The number of aliphatic hydroxyl groups excluding tert-OH is 1. The summed E-state index contributed by atoms with van der Waals surface area (Å²) in [5.74, 6) is 0.200. The highest BCUT2D eigenvalue weighted by Crippen LogP contribution is 2.27. The molecular formula is C13H14ClNO2. The van der Waals surface area contributed by atoms with Crippen LogP contribution >= 0.6 is 11.6 Å². The van der Waals surface area contributed by atoms with Gasteiger partial charge < -0.3 is 10.4 Å². The fraction of sp³-hybridized carbons (Fsp3) is 0.308. The van der Waals surface area contributed by atoms with Crippen molar-refractivity contribution in [2.75, 3.05) is 5.32 Å². The van der Waals surface area contributed by atoms with E-state index in [0.717, 1.165) is 23.4 Å². The molecule has 4 heteroatoms. The fourth-order valence-corrected chi connectivity index (χ4v) is 2.11. The third-order valence-corrected chi connectivity index (χ3v) is 3.34. The van der Waals surface area contributed by atoms with E-state index >= 15 is 0 Å². The highest BCUT2D eigenvalue weighted by Gasteiger charge is 2.19. The largest absolute Gasteiger partial charge is 0.392 e. The Kier molecular flexibility index (Phi) is 3.50. The zero-order valence-electron chi connectivity index (χ0n) is 9.59. The maximum Gasteiger partial charge on any atom is 0.160 e. The van der Waals surface area contributed by atoms with Crippen LogP contribution < -0.4 is 5.32 Å². The second kappa shape index (κ2) is 4.90. The van der Waals surface area contributed by atoms with Crippen LogP contribution in [0.1, 0.15) is 25.3 Å². The predicted molar refractivity (Wildman–Crippen MR) is 67.9 cm³/mol. The number of hydrogen-bond acceptors (Lipinski definition) is 3. The number of benzene rings is 1. The molecule has 1 aromatic rings. The maximum absolute atomic E-state index is 11.4. The number of rotatable bonds is 3. The van der Waals surface area contributed by atoms with Gasteiger partial charge in [-0.15, -0.1) is 0 Å². The molecule has 2 N–H and O–H groups in total. The monoisotopic (exact) mass is 251 g/mol. The van der Waals surface area contributed by atoms with Crippen LogP contribution in [0.5, 0.6) is 0 Å². The SMILES string of the molecule is CC1=C(Nc2ccc(CO)c(Cl)c2)CCC1=O. The summed E-state index contributed by atoms with van der Waals surface area (Å²) < 4.78 is 0. The Balaban J connectivity index is 2.20. The van der Waals surface area contributed by atoms with Crippen molar-refractivity contribution in [1.82, 2.24) is 0 Å². The highest BCUT2D eigenvalue weighted by molar-refractivity contribution is 6.31. The molecule has 0 radical (unpaired) electrons. The quantitative estimate of drug-likeness (QED) is 0.869. The third kappa shape index (κ3) is 2.51. The molecule has 1 aromatic carbocycles. The second-order valence-corrected chi connectivity index (χ2v) is 4.52. The molecule has 0 amide bonds. The van der Waals surface area contributed by atoms with Crippen molar-refractivity contribution in [1.29, 1.82) is 0 Å². The Morgan fingerprint density at radius 2 is 2.18 bits per heavy atom. The Morgan fingerprint density at radius 1 is 1.41 bits per heavy atom. The van der Waals surface area contributed by atoms with Crippen molar-refractivity contribution in [3.05, 3.63) is 40.1 Å². The van der Waals surface area contributed by atoms with Crippen LogP contribution in [0.2, 0.25) is 5.02 Å². The molecule has 0 saturated carbocycles. The van der Waals surface area contributed by atoms with Crippen LogP contribution in [0.25, 0.3) is 0 Å². The molecule has 0 bridgehead atoms. The molecule has 1 aliphatic carbocycles. The first-order valence-corrected chi connectivity index (χ1v) is 5.89. The van der Waals surface area contributed by atoms with Gasteiger partial charge in [0.15, 0.2) is 5.78 Å². The predicted octanol–water partition coefficient (Wildman–Crippen LogP) is 2.88. The minimum Gasteiger partial charge on any atom is -0.392 e. The lowest BCUT2D eigenvalue weighted by atomic mass is 10.2. The van der Waals surface area contributed by atoms with Gasteiger partial charge in [0, 0.05) is 28.4 Å². The van der Waals surface area contributed by atoms with E-state index in [-0.39, 0.29) is 12.4 Å². The Morgan fingerprint density at radius 3 is 2.71 bits per heavy atom. The number of hydrogen-bond donors (Lipinski definition) is 2. The number of anilines is 1. The van der Waals surface area contributed by atoms with E-state index in [4.69, 9.17) is 16.7 Å². The Labute approximate surface area is 105 Å². The van der Waals surface area contributed by atoms with Crippen LogP contribution in [-0.4, -0.2) is 10.9 Å². The zero-order valence-corrected chi connectivity index (χ0v) is 10.3. The van der Waals surface area contributed by atoms with Crippen molar-refractivity contribution in [2.45, 2.75) is 26.4 Å². The Hall–Kier alpha value is -1.32. The standard InChI is InChI=1S/C13H14ClNO2/c1-8-12(4-5-13(8)17)15-10-3-2-9(7-16)11(14)6-10/h2-3,6,15-16H,4-5,7H2,1H3. The number of nitrogens with one attached hydrogen (secondary N) is 1. The van der Waals surface area contributed by atoms with E-state index in [9.17, 15) is 4.79 Å². The normalized spacial score (nSPS) is 15.6. The van der Waals surface area contributed by atoms with Gasteiger partial charge in [0.2, 0.25) is 0 Å². The first-order valence-electron chi connectivity index (χ1n) is 5.51. The van der Waals surface area contributed by atoms with Gasteiger partial charge in [-0.25, -0.2) is 0 Å². The summed E-state index contributed by atoms with van der Waals surface area (Å²) in [7, 11) is 0. The molecule has 3 nitrogen and oxygen atoms in total. The first-order chi connectivity index (χ1) is 8.11. The van der Waals surface area contributed by atoms with E-state index < -0.39 is 0 Å². The lowest BCUT2D eigenvalue weighted by Gasteiger charge is -2.10. The molecule has 0 fully saturated rings. The molecule has 0 spiro atoms. The summed E-state index contributed by atoms with van der Waals surface area (Å²) in [5, 5.41) is 12.7. The molecular weight excluding hydrogens is 238 g/mol. The summed E-state index contributed by atoms with van der Waals surface area (Å²) in [4.78, 5) is 11.4. The number of aliphatic hydroxyl groups is 1. The number of carbonyl (C=O) groups excluding carboxylic acids is 1. The van der Waals surface area contributed by atoms with Crippen LogP contribution in [0.15, 0.2) is 29.5 Å². The molecule has 0 unspecified atom stereocenters. The number of allylic oxidation sites excluding steroid dienone is 2. The van der Waals surface area contributed by atoms with Gasteiger partial charge in [-0.3, -0.25) is 4.79 Å². The smallest absolute Gasteiger partial charge is 0.160 e. The van der Waals surface area contributed by atoms with Gasteiger partial charge in [-0.2, -0.15) is 0 Å². The van der Waals surface area contributed by atoms with Crippen molar-refractivity contribution in [2.24, 2.45) is 0 Å². The van der Waals surface area contributed by atoms with Gasteiger partial charge in [0.1, 0.15) is 0 Å². The van der Waals surface area contributed by atoms with Gasteiger partial charge >= 0.3 is 0 Å². The van der Waals surface area contributed by atoms with Crippen LogP contribution in [0, 0.1) is 0 Å². The van der Waals surface area contributed by atoms with Crippen molar-refractivity contribution in [3.8, 4) is 0 Å². The molecule has 0 heterocycles. The molecule has 0 aromatic heterocycles. The van der Waals surface area contributed by atoms with Crippen molar-refractivity contribution in [3.63, 3.8) is 0 Å². The minimum absolute atomic E-state index is 0.0701. The van der Waals surface area contributed by atoms with Gasteiger partial charge in [-0.05, 0) is 31.0 Å². The molecule has 2 rings (SSSR count). The molecule has 0 aliphatic heterocycles. The second-order valence-electron chi connectivity index (χ2n) is 4.12. The zero-order chi connectivity index (χ0) is 12.4. The number of halogens is 1. The molecule has 0 saturated heterocycles. The van der Waals surface area contributed by atoms with E-state index in [1.165, 1.54) is 0 Å². The van der Waals surface area contributed by atoms with Crippen LogP contribution in [0.4, 0.5) is 5.69 Å². The van der Waals surface area contributed by atoms with E-state index in [1.807, 2.05) is 13.0 Å². The van der Waals surface area contributed by atoms with Gasteiger partial charge in [0.25, 0.3) is 0 Å². The average molecular weight is 252 g/mol. The van der Waals surface area contributed by atoms with E-state index in [0.29, 0.717) is 17.0 Å². The highest BCUT2D eigenvalue weighted by atomic mass is 35.5. The van der Waals surface area contributed by atoms with Gasteiger partial charge in [-0.1, -0.05) is 17.7 Å². The summed E-state index contributed by atoms with van der Waals surface area (Å²) in [6.45, 7) is 1.76. The lowest BCUT2D eigenvalue weighted by molar-refractivity contribution is -0.114. The van der Waals surface area contributed by atoms with E-state index in [2.05, 4.69) is 5.32 Å². The average Bonchev–Trinajstić information content (AvgIpc) is 2.61. The van der Waals surface area contributed by atoms with Crippen molar-refractivity contribution < 1.29 is 9.90 Å². The maximum atomic E-state index is 11.4. The summed E-state index contributed by atoms with van der Waals surface area (Å²) >= 11 is 6.00. The summed E-state index contributed by atoms with van der Waals surface area (Å²) in [6, 6.07) is 5.38. The van der Waals surface area contributed by atoms with E-state index in [1.54, 1.807) is 12.1 Å². The molecule has 90 valence electrons. The summed E-state index contributed by atoms with van der Waals surface area (Å²) in [6.07, 6.45) is 1.33. The van der Waals surface area contributed by atoms with Gasteiger partial charge in [0.05, 0.1) is 6.61 Å². The molecule has 17 heavy (non-hydrogen) atoms. The van der Waals surface area contributed by atoms with Crippen molar-refractivity contribution >= 4 is 23.1 Å². The third-order valence-electron chi connectivity index (χ3n) is 2.99. The lowest BCUT2D eigenvalue weighted by Crippen LogP contribution is -2.00. The topological polar surface area (TPSA) is 49.3 Å². The first kappa shape index (κ1) is 12.1. The molecule has 0 atom stereocenters. The van der Waals surface area contributed by atoms with Crippen LogP contribution in [0.3, 0.4) is 0 Å². The molecule has 1 aliphatic rings. The number of Topliss-reactive ketones (excluding diaryl/α,β-unsaturated/α-hetero) is 1. The number of carbonyl (C=O) groups is 1.